The zero-order valence-electron chi connectivity index (χ0n) is 11.2. The van der Waals surface area contributed by atoms with Gasteiger partial charge in [-0.3, -0.25) is 4.79 Å². The van der Waals surface area contributed by atoms with Crippen LogP contribution in [-0.2, 0) is 19.1 Å². The first kappa shape index (κ1) is 15.9. The fraction of sp³-hybridized carbons (Fsp3) is 0.846. The Morgan fingerprint density at radius 1 is 1.06 bits per heavy atom. The largest absolute Gasteiger partial charge is 0.463 e. The molecule has 0 spiro atoms. The van der Waals surface area contributed by atoms with E-state index >= 15 is 0 Å². The van der Waals surface area contributed by atoms with E-state index in [0.29, 0.717) is 6.61 Å². The third-order valence-corrected chi connectivity index (χ3v) is 2.42. The lowest BCUT2D eigenvalue weighted by atomic mass is 10.1. The van der Waals surface area contributed by atoms with Gasteiger partial charge in [0.05, 0.1) is 6.61 Å². The molecular weight excluding hydrogens is 220 g/mol. The minimum absolute atomic E-state index is 0.413. The Balaban J connectivity index is 3.41. The molecule has 0 amide bonds. The van der Waals surface area contributed by atoms with Crippen LogP contribution in [0.5, 0.6) is 0 Å². The third-order valence-electron chi connectivity index (χ3n) is 2.42. The average molecular weight is 244 g/mol. The number of carbonyl (C=O) groups is 2. The Bertz CT molecular complexity index is 225. The average Bonchev–Trinajstić information content (AvgIpc) is 2.26. The summed E-state index contributed by atoms with van der Waals surface area (Å²) in [7, 11) is 0. The van der Waals surface area contributed by atoms with E-state index in [0.717, 1.165) is 12.8 Å². The molecule has 0 N–H and O–H groups in total. The number of unbranched alkanes of at least 4 members (excludes halogenated alkanes) is 5. The second kappa shape index (κ2) is 10.1. The lowest BCUT2D eigenvalue weighted by Gasteiger charge is -2.11. The number of rotatable bonds is 9. The van der Waals surface area contributed by atoms with Crippen molar-refractivity contribution in [3.05, 3.63) is 0 Å². The van der Waals surface area contributed by atoms with Crippen LogP contribution in [0.3, 0.4) is 0 Å². The van der Waals surface area contributed by atoms with Crippen molar-refractivity contribution in [2.24, 2.45) is 0 Å². The molecule has 0 aliphatic heterocycles. The van der Waals surface area contributed by atoms with E-state index in [1.165, 1.54) is 39.5 Å². The van der Waals surface area contributed by atoms with E-state index in [-0.39, 0.29) is 0 Å². The minimum Gasteiger partial charge on any atom is -0.463 e. The predicted molar refractivity (Wildman–Crippen MR) is 65.6 cm³/mol. The molecule has 0 saturated carbocycles. The highest BCUT2D eigenvalue weighted by Gasteiger charge is 2.16. The zero-order valence-corrected chi connectivity index (χ0v) is 11.2. The Morgan fingerprint density at radius 2 is 1.65 bits per heavy atom. The van der Waals surface area contributed by atoms with E-state index in [1.807, 2.05) is 0 Å². The Morgan fingerprint density at radius 3 is 2.24 bits per heavy atom. The maximum Gasteiger partial charge on any atom is 0.347 e. The maximum absolute atomic E-state index is 11.3. The minimum atomic E-state index is -0.799. The first-order valence-corrected chi connectivity index (χ1v) is 6.41. The van der Waals surface area contributed by atoms with Gasteiger partial charge in [-0.15, -0.1) is 0 Å². The van der Waals surface area contributed by atoms with E-state index in [9.17, 15) is 9.59 Å². The van der Waals surface area contributed by atoms with Gasteiger partial charge in [0.1, 0.15) is 0 Å². The molecule has 100 valence electrons. The summed E-state index contributed by atoms with van der Waals surface area (Å²) in [4.78, 5) is 21.9. The molecule has 0 bridgehead atoms. The van der Waals surface area contributed by atoms with Gasteiger partial charge in [-0.2, -0.15) is 0 Å². The number of carbonyl (C=O) groups excluding carboxylic acids is 2. The summed E-state index contributed by atoms with van der Waals surface area (Å²) in [5.74, 6) is -0.928. The van der Waals surface area contributed by atoms with Crippen molar-refractivity contribution in [3.63, 3.8) is 0 Å². The molecule has 0 fully saturated rings. The number of hydrogen-bond donors (Lipinski definition) is 0. The van der Waals surface area contributed by atoms with Crippen LogP contribution >= 0.6 is 0 Å². The molecule has 0 rings (SSSR count). The zero-order chi connectivity index (χ0) is 13.1. The molecule has 0 aliphatic carbocycles. The number of esters is 2. The molecule has 0 heterocycles. The lowest BCUT2D eigenvalue weighted by molar-refractivity contribution is -0.165. The van der Waals surface area contributed by atoms with Crippen molar-refractivity contribution in [1.29, 1.82) is 0 Å². The molecule has 4 nitrogen and oxygen atoms in total. The maximum atomic E-state index is 11.3. The van der Waals surface area contributed by atoms with E-state index < -0.39 is 18.0 Å². The first-order valence-electron chi connectivity index (χ1n) is 6.41. The summed E-state index contributed by atoms with van der Waals surface area (Å²) < 4.78 is 9.70. The fourth-order valence-corrected chi connectivity index (χ4v) is 1.47. The molecule has 0 aliphatic rings. The number of hydrogen-bond acceptors (Lipinski definition) is 4. The highest BCUT2D eigenvalue weighted by molar-refractivity contribution is 5.78. The SMILES string of the molecule is CCCCCCCCOC(=O)[C@@H](C)OC(C)=O. The second-order valence-electron chi connectivity index (χ2n) is 4.19. The topological polar surface area (TPSA) is 52.6 Å². The fourth-order valence-electron chi connectivity index (χ4n) is 1.47. The van der Waals surface area contributed by atoms with Gasteiger partial charge >= 0.3 is 11.9 Å². The monoisotopic (exact) mass is 244 g/mol. The van der Waals surface area contributed by atoms with Crippen molar-refractivity contribution >= 4 is 11.9 Å². The van der Waals surface area contributed by atoms with Crippen LogP contribution in [0, 0.1) is 0 Å². The highest BCUT2D eigenvalue weighted by Crippen LogP contribution is 2.05. The van der Waals surface area contributed by atoms with Gasteiger partial charge < -0.3 is 9.47 Å². The van der Waals surface area contributed by atoms with Gasteiger partial charge in [-0.05, 0) is 13.3 Å². The van der Waals surface area contributed by atoms with Crippen LogP contribution < -0.4 is 0 Å². The summed E-state index contributed by atoms with van der Waals surface area (Å²) in [5.41, 5.74) is 0. The van der Waals surface area contributed by atoms with Crippen LogP contribution in [0.25, 0.3) is 0 Å². The van der Waals surface area contributed by atoms with Crippen LogP contribution in [-0.4, -0.2) is 24.6 Å². The molecule has 0 aromatic heterocycles. The van der Waals surface area contributed by atoms with Gasteiger partial charge in [0, 0.05) is 6.92 Å². The van der Waals surface area contributed by atoms with Gasteiger partial charge in [-0.25, -0.2) is 4.79 Å². The summed E-state index contributed by atoms with van der Waals surface area (Å²) in [6.45, 7) is 5.39. The Kier molecular flexibility index (Phi) is 9.49. The van der Waals surface area contributed by atoms with Gasteiger partial charge in [-0.1, -0.05) is 39.0 Å². The van der Waals surface area contributed by atoms with E-state index in [1.54, 1.807) is 0 Å². The molecule has 4 heteroatoms. The number of ether oxygens (including phenoxy) is 2. The summed E-state index contributed by atoms with van der Waals surface area (Å²) in [6.07, 6.45) is 6.09. The smallest absolute Gasteiger partial charge is 0.347 e. The van der Waals surface area contributed by atoms with Gasteiger partial charge in [0.15, 0.2) is 6.10 Å². The Labute approximate surface area is 104 Å². The van der Waals surface area contributed by atoms with Crippen LogP contribution in [0.15, 0.2) is 0 Å². The van der Waals surface area contributed by atoms with Crippen molar-refractivity contribution in [3.8, 4) is 0 Å². The normalized spacial score (nSPS) is 11.9. The van der Waals surface area contributed by atoms with Gasteiger partial charge in [0.2, 0.25) is 0 Å². The molecule has 0 aromatic carbocycles. The molecule has 0 saturated heterocycles. The highest BCUT2D eigenvalue weighted by atomic mass is 16.6. The summed E-state index contributed by atoms with van der Waals surface area (Å²) >= 11 is 0. The van der Waals surface area contributed by atoms with Crippen LogP contribution in [0.2, 0.25) is 0 Å². The van der Waals surface area contributed by atoms with Crippen molar-refractivity contribution in [1.82, 2.24) is 0 Å². The third kappa shape index (κ3) is 9.85. The quantitative estimate of drug-likeness (QED) is 0.462. The van der Waals surface area contributed by atoms with Gasteiger partial charge in [0.25, 0.3) is 0 Å². The predicted octanol–water partition coefficient (Wildman–Crippen LogP) is 2.84. The standard InChI is InChI=1S/C13H24O4/c1-4-5-6-7-8-9-10-16-13(15)11(2)17-12(3)14/h11H,4-10H2,1-3H3/t11-/m1/s1. The van der Waals surface area contributed by atoms with Crippen LogP contribution in [0.4, 0.5) is 0 Å². The first-order chi connectivity index (χ1) is 8.07. The second-order valence-corrected chi connectivity index (χ2v) is 4.19. The van der Waals surface area contributed by atoms with Crippen molar-refractivity contribution in [2.75, 3.05) is 6.61 Å². The molecular formula is C13H24O4. The lowest BCUT2D eigenvalue weighted by Crippen LogP contribution is -2.25. The Hall–Kier alpha value is -1.06. The molecule has 1 atom stereocenters. The van der Waals surface area contributed by atoms with Crippen LogP contribution in [0.1, 0.15) is 59.3 Å². The summed E-state index contributed by atoms with van der Waals surface area (Å²) in [5, 5.41) is 0. The summed E-state index contributed by atoms with van der Waals surface area (Å²) in [6, 6.07) is 0. The molecule has 0 aromatic rings. The van der Waals surface area contributed by atoms with E-state index in [2.05, 4.69) is 6.92 Å². The molecule has 17 heavy (non-hydrogen) atoms. The van der Waals surface area contributed by atoms with Crippen molar-refractivity contribution < 1.29 is 19.1 Å². The molecule has 0 radical (unpaired) electrons. The molecule has 0 unspecified atom stereocenters. The van der Waals surface area contributed by atoms with E-state index in [4.69, 9.17) is 9.47 Å². The van der Waals surface area contributed by atoms with Crippen molar-refractivity contribution in [2.45, 2.75) is 65.4 Å².